The van der Waals surface area contributed by atoms with Crippen LogP contribution in [-0.4, -0.2) is 53.4 Å². The van der Waals surface area contributed by atoms with E-state index in [0.29, 0.717) is 0 Å². The van der Waals surface area contributed by atoms with Gasteiger partial charge in [0.2, 0.25) is 0 Å². The molecule has 2 aliphatic rings. The van der Waals surface area contributed by atoms with Crippen molar-refractivity contribution in [3.8, 4) is 0 Å². The predicted octanol–water partition coefficient (Wildman–Crippen LogP) is 1.19. The molecule has 1 N–H and O–H groups in total. The first kappa shape index (κ1) is 13.0. The van der Waals surface area contributed by atoms with Crippen molar-refractivity contribution in [2.75, 3.05) is 26.2 Å². The lowest BCUT2D eigenvalue weighted by Gasteiger charge is -2.36. The molecule has 4 heteroatoms. The second-order valence-electron chi connectivity index (χ2n) is 5.49. The van der Waals surface area contributed by atoms with Crippen LogP contribution >= 0.6 is 0 Å². The van der Waals surface area contributed by atoms with Crippen molar-refractivity contribution in [3.63, 3.8) is 0 Å². The Morgan fingerprint density at radius 2 is 2.47 bits per heavy atom. The summed E-state index contributed by atoms with van der Waals surface area (Å²) in [6, 6.07) is 4.10. The van der Waals surface area contributed by atoms with Crippen LogP contribution in [0.1, 0.15) is 30.5 Å². The lowest BCUT2D eigenvalue weighted by molar-refractivity contribution is -0.0950. The number of fused-ring (bicyclic) bond motifs is 1. The lowest BCUT2D eigenvalue weighted by Crippen LogP contribution is -2.49. The van der Waals surface area contributed by atoms with Crippen LogP contribution in [0.5, 0.6) is 0 Å². The quantitative estimate of drug-likeness (QED) is 0.889. The Hall–Kier alpha value is -0.970. The van der Waals surface area contributed by atoms with Crippen molar-refractivity contribution >= 4 is 0 Å². The Labute approximate surface area is 114 Å². The first-order valence-electron chi connectivity index (χ1n) is 7.25. The molecular formula is C15H22N2O2. The summed E-state index contributed by atoms with van der Waals surface area (Å²) in [7, 11) is 0. The summed E-state index contributed by atoms with van der Waals surface area (Å²) in [5.74, 6) is 0.137. The van der Waals surface area contributed by atoms with E-state index in [4.69, 9.17) is 4.74 Å². The fourth-order valence-electron chi connectivity index (χ4n) is 3.26. The number of aliphatic hydroxyl groups excluding tert-OH is 1. The number of ether oxygens (including phenoxy) is 1. The van der Waals surface area contributed by atoms with Gasteiger partial charge in [-0.25, -0.2) is 0 Å². The van der Waals surface area contributed by atoms with Crippen LogP contribution in [0.3, 0.4) is 0 Å². The van der Waals surface area contributed by atoms with E-state index < -0.39 is 6.10 Å². The van der Waals surface area contributed by atoms with Crippen LogP contribution in [0, 0.1) is 0 Å². The maximum absolute atomic E-state index is 10.6. The zero-order valence-corrected chi connectivity index (χ0v) is 11.5. The maximum atomic E-state index is 10.6. The molecule has 1 aromatic heterocycles. The van der Waals surface area contributed by atoms with Gasteiger partial charge in [-0.05, 0) is 31.0 Å². The summed E-state index contributed by atoms with van der Waals surface area (Å²) < 4.78 is 5.78. The molecule has 2 heterocycles. The van der Waals surface area contributed by atoms with Gasteiger partial charge in [-0.3, -0.25) is 9.88 Å². The number of hydrogen-bond acceptors (Lipinski definition) is 4. The van der Waals surface area contributed by atoms with E-state index in [1.54, 1.807) is 0 Å². The average molecular weight is 262 g/mol. The molecular weight excluding hydrogens is 240 g/mol. The topological polar surface area (TPSA) is 45.6 Å². The van der Waals surface area contributed by atoms with Crippen LogP contribution in [0.4, 0.5) is 0 Å². The van der Waals surface area contributed by atoms with Gasteiger partial charge in [-0.1, -0.05) is 13.0 Å². The molecule has 1 saturated heterocycles. The van der Waals surface area contributed by atoms with Crippen molar-refractivity contribution < 1.29 is 9.84 Å². The Bertz CT molecular complexity index is 438. The van der Waals surface area contributed by atoms with Gasteiger partial charge < -0.3 is 9.84 Å². The summed E-state index contributed by atoms with van der Waals surface area (Å²) in [6.45, 7) is 5.69. The summed E-state index contributed by atoms with van der Waals surface area (Å²) in [5.41, 5.74) is 2.36. The largest absolute Gasteiger partial charge is 0.390 e. The van der Waals surface area contributed by atoms with Gasteiger partial charge in [-0.2, -0.15) is 0 Å². The van der Waals surface area contributed by atoms with Crippen LogP contribution in [0.2, 0.25) is 0 Å². The highest BCUT2D eigenvalue weighted by Gasteiger charge is 2.36. The van der Waals surface area contributed by atoms with E-state index in [1.165, 1.54) is 5.56 Å². The van der Waals surface area contributed by atoms with Crippen molar-refractivity contribution in [1.82, 2.24) is 9.88 Å². The normalized spacial score (nSPS) is 29.2. The standard InChI is InChI=1S/C15H22N2O2/c1-2-17-8-9-19-13(10-17)15(18)12-6-5-11-4-3-7-16-14(11)12/h3-4,7,12-13,15,18H,2,5-6,8-10H2,1H3. The third-order valence-electron chi connectivity index (χ3n) is 4.42. The Morgan fingerprint density at radius 3 is 3.32 bits per heavy atom. The molecule has 104 valence electrons. The fraction of sp³-hybridized carbons (Fsp3) is 0.667. The monoisotopic (exact) mass is 262 g/mol. The third kappa shape index (κ3) is 2.53. The van der Waals surface area contributed by atoms with Gasteiger partial charge in [-0.15, -0.1) is 0 Å². The fourth-order valence-corrected chi connectivity index (χ4v) is 3.26. The number of rotatable bonds is 3. The van der Waals surface area contributed by atoms with E-state index in [0.717, 1.165) is 44.8 Å². The minimum Gasteiger partial charge on any atom is -0.390 e. The first-order valence-corrected chi connectivity index (χ1v) is 7.25. The van der Waals surface area contributed by atoms with E-state index in [2.05, 4.69) is 22.9 Å². The molecule has 0 saturated carbocycles. The molecule has 0 amide bonds. The molecule has 3 unspecified atom stereocenters. The Morgan fingerprint density at radius 1 is 1.58 bits per heavy atom. The molecule has 0 radical (unpaired) electrons. The highest BCUT2D eigenvalue weighted by atomic mass is 16.5. The van der Waals surface area contributed by atoms with E-state index in [1.807, 2.05) is 12.3 Å². The number of pyridine rings is 1. The van der Waals surface area contributed by atoms with Crippen molar-refractivity contribution in [2.45, 2.75) is 37.9 Å². The van der Waals surface area contributed by atoms with E-state index >= 15 is 0 Å². The average Bonchev–Trinajstić information content (AvgIpc) is 2.90. The minimum atomic E-state index is -0.439. The van der Waals surface area contributed by atoms with E-state index in [-0.39, 0.29) is 12.0 Å². The summed E-state index contributed by atoms with van der Waals surface area (Å²) in [5, 5.41) is 10.6. The summed E-state index contributed by atoms with van der Waals surface area (Å²) in [6.07, 6.45) is 3.32. The van der Waals surface area contributed by atoms with Crippen LogP contribution < -0.4 is 0 Å². The highest BCUT2D eigenvalue weighted by Crippen LogP contribution is 2.35. The van der Waals surface area contributed by atoms with Crippen LogP contribution in [0.25, 0.3) is 0 Å². The summed E-state index contributed by atoms with van der Waals surface area (Å²) in [4.78, 5) is 6.81. The molecule has 1 aliphatic carbocycles. The van der Waals surface area contributed by atoms with Crippen LogP contribution in [-0.2, 0) is 11.2 Å². The third-order valence-corrected chi connectivity index (χ3v) is 4.42. The molecule has 1 aromatic rings. The van der Waals surface area contributed by atoms with Gasteiger partial charge in [0.05, 0.1) is 18.8 Å². The van der Waals surface area contributed by atoms with Gasteiger partial charge in [0.1, 0.15) is 0 Å². The molecule has 0 spiro atoms. The van der Waals surface area contributed by atoms with Gasteiger partial charge in [0.25, 0.3) is 0 Å². The second-order valence-corrected chi connectivity index (χ2v) is 5.49. The SMILES string of the molecule is CCN1CCOC(C(O)C2CCc3cccnc32)C1. The Balaban J connectivity index is 1.72. The van der Waals surface area contributed by atoms with Crippen molar-refractivity contribution in [2.24, 2.45) is 0 Å². The number of likely N-dealkylation sites (N-methyl/N-ethyl adjacent to an activating group) is 1. The molecule has 3 rings (SSSR count). The van der Waals surface area contributed by atoms with Crippen molar-refractivity contribution in [1.29, 1.82) is 0 Å². The zero-order valence-electron chi connectivity index (χ0n) is 11.5. The highest BCUT2D eigenvalue weighted by molar-refractivity contribution is 5.29. The van der Waals surface area contributed by atoms with Crippen molar-refractivity contribution in [3.05, 3.63) is 29.6 Å². The number of hydrogen-bond donors (Lipinski definition) is 1. The molecule has 1 aliphatic heterocycles. The van der Waals surface area contributed by atoms with Crippen LogP contribution in [0.15, 0.2) is 18.3 Å². The molecule has 0 bridgehead atoms. The minimum absolute atomic E-state index is 0.0772. The Kier molecular flexibility index (Phi) is 3.82. The predicted molar refractivity (Wildman–Crippen MR) is 73.2 cm³/mol. The van der Waals surface area contributed by atoms with Gasteiger partial charge >= 0.3 is 0 Å². The zero-order chi connectivity index (χ0) is 13.2. The molecule has 4 nitrogen and oxygen atoms in total. The van der Waals surface area contributed by atoms with E-state index in [9.17, 15) is 5.11 Å². The van der Waals surface area contributed by atoms with Gasteiger partial charge in [0, 0.05) is 30.9 Å². The molecule has 19 heavy (non-hydrogen) atoms. The molecule has 1 fully saturated rings. The molecule has 0 aromatic carbocycles. The smallest absolute Gasteiger partial charge is 0.0967 e. The van der Waals surface area contributed by atoms with Gasteiger partial charge in [0.15, 0.2) is 0 Å². The maximum Gasteiger partial charge on any atom is 0.0967 e. The lowest BCUT2D eigenvalue weighted by atomic mass is 9.94. The second kappa shape index (κ2) is 5.57. The number of morpholine rings is 1. The number of nitrogens with zero attached hydrogens (tertiary/aromatic N) is 2. The molecule has 3 atom stereocenters. The number of aliphatic hydroxyl groups is 1. The first-order chi connectivity index (χ1) is 9.29. The summed E-state index contributed by atoms with van der Waals surface area (Å²) >= 11 is 0. The number of aromatic nitrogens is 1. The number of aryl methyl sites for hydroxylation is 1.